The van der Waals surface area contributed by atoms with Gasteiger partial charge in [0.2, 0.25) is 5.91 Å². The second-order valence-electron chi connectivity index (χ2n) is 4.98. The van der Waals surface area contributed by atoms with Crippen LogP contribution in [-0.2, 0) is 11.3 Å². The van der Waals surface area contributed by atoms with Crippen molar-refractivity contribution in [1.82, 2.24) is 4.57 Å². The Morgan fingerprint density at radius 3 is 2.86 bits per heavy atom. The van der Waals surface area contributed by atoms with E-state index in [0.717, 1.165) is 5.56 Å². The Hall–Kier alpha value is -2.53. The van der Waals surface area contributed by atoms with Crippen LogP contribution >= 0.6 is 11.6 Å². The van der Waals surface area contributed by atoms with Crippen LogP contribution in [0.5, 0.6) is 0 Å². The van der Waals surface area contributed by atoms with E-state index in [-0.39, 0.29) is 12.5 Å². The Labute approximate surface area is 131 Å². The summed E-state index contributed by atoms with van der Waals surface area (Å²) in [6.07, 6.45) is 0. The number of carbonyl (C=O) groups is 1. The van der Waals surface area contributed by atoms with Crippen LogP contribution in [0.1, 0.15) is 5.56 Å². The maximum atomic E-state index is 12.1. The predicted octanol–water partition coefficient (Wildman–Crippen LogP) is 3.20. The molecular weight excluding hydrogens is 304 g/mol. The molecule has 5 nitrogen and oxygen atoms in total. The molecule has 0 bridgehead atoms. The van der Waals surface area contributed by atoms with E-state index in [0.29, 0.717) is 21.8 Å². The van der Waals surface area contributed by atoms with Gasteiger partial charge in [0.15, 0.2) is 5.58 Å². The smallest absolute Gasteiger partial charge is 0.408 e. The lowest BCUT2D eigenvalue weighted by molar-refractivity contribution is -0.116. The number of aromatic nitrogens is 1. The van der Waals surface area contributed by atoms with Gasteiger partial charge < -0.3 is 9.73 Å². The fourth-order valence-electron chi connectivity index (χ4n) is 2.26. The van der Waals surface area contributed by atoms with Gasteiger partial charge in [-0.2, -0.15) is 0 Å². The average molecular weight is 317 g/mol. The summed E-state index contributed by atoms with van der Waals surface area (Å²) in [5.74, 6) is -0.887. The zero-order chi connectivity index (χ0) is 15.7. The number of aryl methyl sites for hydroxylation is 1. The Kier molecular flexibility index (Phi) is 3.73. The monoisotopic (exact) mass is 316 g/mol. The van der Waals surface area contributed by atoms with Crippen molar-refractivity contribution in [2.24, 2.45) is 0 Å². The lowest BCUT2D eigenvalue weighted by atomic mass is 10.2. The Morgan fingerprint density at radius 1 is 1.27 bits per heavy atom. The first kappa shape index (κ1) is 14.4. The van der Waals surface area contributed by atoms with Crippen LogP contribution in [0.2, 0.25) is 5.02 Å². The van der Waals surface area contributed by atoms with Crippen molar-refractivity contribution >= 4 is 34.3 Å². The highest BCUT2D eigenvalue weighted by atomic mass is 35.5. The van der Waals surface area contributed by atoms with E-state index in [1.807, 2.05) is 25.1 Å². The summed E-state index contributed by atoms with van der Waals surface area (Å²) in [5.41, 5.74) is 2.63. The van der Waals surface area contributed by atoms with E-state index in [9.17, 15) is 9.59 Å². The van der Waals surface area contributed by atoms with Crippen LogP contribution in [0.15, 0.2) is 51.7 Å². The predicted molar refractivity (Wildman–Crippen MR) is 85.3 cm³/mol. The van der Waals surface area contributed by atoms with Crippen molar-refractivity contribution in [1.29, 1.82) is 0 Å². The molecule has 0 saturated heterocycles. The molecule has 1 heterocycles. The minimum Gasteiger partial charge on any atom is -0.408 e. The maximum absolute atomic E-state index is 12.1. The number of halogens is 1. The molecular formula is C16H13ClN2O3. The summed E-state index contributed by atoms with van der Waals surface area (Å²) in [7, 11) is 0. The third-order valence-electron chi connectivity index (χ3n) is 3.23. The molecule has 0 spiro atoms. The highest BCUT2D eigenvalue weighted by Crippen LogP contribution is 2.18. The highest BCUT2D eigenvalue weighted by molar-refractivity contribution is 6.31. The van der Waals surface area contributed by atoms with Crippen molar-refractivity contribution in [3.8, 4) is 0 Å². The summed E-state index contributed by atoms with van der Waals surface area (Å²) < 4.78 is 6.37. The number of carbonyl (C=O) groups excluding carboxylic acids is 1. The lowest BCUT2D eigenvalue weighted by Crippen LogP contribution is -2.24. The molecule has 1 amide bonds. The molecule has 1 N–H and O–H groups in total. The third kappa shape index (κ3) is 2.89. The zero-order valence-corrected chi connectivity index (χ0v) is 12.6. The van der Waals surface area contributed by atoms with Crippen LogP contribution < -0.4 is 11.1 Å². The van der Waals surface area contributed by atoms with E-state index < -0.39 is 5.76 Å². The van der Waals surface area contributed by atoms with Crippen molar-refractivity contribution in [2.75, 3.05) is 5.32 Å². The molecule has 0 aliphatic carbocycles. The topological polar surface area (TPSA) is 64.2 Å². The standard InChI is InChI=1S/C16H13ClN2O3/c1-10-3-2-4-12(7-10)18-15(20)9-19-13-6-5-11(17)8-14(13)22-16(19)21/h2-8H,9H2,1H3,(H,18,20). The number of benzene rings is 2. The van der Waals surface area contributed by atoms with Crippen molar-refractivity contribution < 1.29 is 9.21 Å². The number of anilines is 1. The van der Waals surface area contributed by atoms with Gasteiger partial charge in [-0.15, -0.1) is 0 Å². The maximum Gasteiger partial charge on any atom is 0.420 e. The minimum atomic E-state index is -0.586. The number of fused-ring (bicyclic) bond motifs is 1. The molecule has 0 atom stereocenters. The van der Waals surface area contributed by atoms with Crippen molar-refractivity contribution in [2.45, 2.75) is 13.5 Å². The van der Waals surface area contributed by atoms with Gasteiger partial charge >= 0.3 is 5.76 Å². The summed E-state index contributed by atoms with van der Waals surface area (Å²) in [5, 5.41) is 3.23. The average Bonchev–Trinajstić information content (AvgIpc) is 2.74. The van der Waals surface area contributed by atoms with Gasteiger partial charge in [0.05, 0.1) is 5.52 Å². The van der Waals surface area contributed by atoms with E-state index in [4.69, 9.17) is 16.0 Å². The van der Waals surface area contributed by atoms with Crippen molar-refractivity contribution in [3.63, 3.8) is 0 Å². The quantitative estimate of drug-likeness (QED) is 0.807. The summed E-state index contributed by atoms with van der Waals surface area (Å²) in [6, 6.07) is 12.3. The molecule has 1 aromatic heterocycles. The number of nitrogens with zero attached hydrogens (tertiary/aromatic N) is 1. The molecule has 0 unspecified atom stereocenters. The normalized spacial score (nSPS) is 10.8. The van der Waals surface area contributed by atoms with Gasteiger partial charge in [0.25, 0.3) is 0 Å². The molecule has 0 radical (unpaired) electrons. The highest BCUT2D eigenvalue weighted by Gasteiger charge is 2.13. The van der Waals surface area contributed by atoms with Crippen LogP contribution in [0.25, 0.3) is 11.1 Å². The van der Waals surface area contributed by atoms with Crippen LogP contribution in [0.3, 0.4) is 0 Å². The number of rotatable bonds is 3. The lowest BCUT2D eigenvalue weighted by Gasteiger charge is -2.06. The van der Waals surface area contributed by atoms with Gasteiger partial charge in [-0.25, -0.2) is 4.79 Å². The molecule has 6 heteroatoms. The molecule has 0 aliphatic heterocycles. The van der Waals surface area contributed by atoms with Crippen LogP contribution in [0, 0.1) is 6.92 Å². The van der Waals surface area contributed by atoms with Crippen LogP contribution in [-0.4, -0.2) is 10.5 Å². The van der Waals surface area contributed by atoms with Gasteiger partial charge in [0.1, 0.15) is 6.54 Å². The minimum absolute atomic E-state index is 0.124. The second-order valence-corrected chi connectivity index (χ2v) is 5.42. The van der Waals surface area contributed by atoms with E-state index >= 15 is 0 Å². The Bertz CT molecular complexity index is 911. The first-order valence-electron chi connectivity index (χ1n) is 6.68. The second kappa shape index (κ2) is 5.69. The molecule has 0 saturated carbocycles. The number of amides is 1. The first-order chi connectivity index (χ1) is 10.5. The third-order valence-corrected chi connectivity index (χ3v) is 3.47. The van der Waals surface area contributed by atoms with Crippen molar-refractivity contribution in [3.05, 3.63) is 63.6 Å². The summed E-state index contributed by atoms with van der Waals surface area (Å²) >= 11 is 5.86. The fourth-order valence-corrected chi connectivity index (χ4v) is 2.42. The largest absolute Gasteiger partial charge is 0.420 e. The molecule has 2 aromatic carbocycles. The molecule has 3 aromatic rings. The summed E-state index contributed by atoms with van der Waals surface area (Å²) in [4.78, 5) is 24.0. The molecule has 0 fully saturated rings. The molecule has 112 valence electrons. The fraction of sp³-hybridized carbons (Fsp3) is 0.125. The van der Waals surface area contributed by atoms with Gasteiger partial charge in [0, 0.05) is 16.8 Å². The molecule has 3 rings (SSSR count). The Balaban J connectivity index is 1.85. The van der Waals surface area contributed by atoms with Gasteiger partial charge in [-0.05, 0) is 36.8 Å². The SMILES string of the molecule is Cc1cccc(NC(=O)Cn2c(=O)oc3cc(Cl)ccc32)c1. The van der Waals surface area contributed by atoms with Gasteiger partial charge in [-0.3, -0.25) is 9.36 Å². The van der Waals surface area contributed by atoms with E-state index in [2.05, 4.69) is 5.32 Å². The number of hydrogen-bond acceptors (Lipinski definition) is 3. The first-order valence-corrected chi connectivity index (χ1v) is 7.06. The number of hydrogen-bond donors (Lipinski definition) is 1. The molecule has 22 heavy (non-hydrogen) atoms. The number of nitrogens with one attached hydrogen (secondary N) is 1. The van der Waals surface area contributed by atoms with Crippen LogP contribution in [0.4, 0.5) is 5.69 Å². The van der Waals surface area contributed by atoms with E-state index in [1.54, 1.807) is 24.3 Å². The van der Waals surface area contributed by atoms with E-state index in [1.165, 1.54) is 4.57 Å². The number of oxazole rings is 1. The molecule has 0 aliphatic rings. The zero-order valence-electron chi connectivity index (χ0n) is 11.8. The Morgan fingerprint density at radius 2 is 2.09 bits per heavy atom. The summed E-state index contributed by atoms with van der Waals surface area (Å²) in [6.45, 7) is 1.81. The van der Waals surface area contributed by atoms with Gasteiger partial charge in [-0.1, -0.05) is 23.7 Å².